The first-order chi connectivity index (χ1) is 13.2. The minimum absolute atomic E-state index is 0.00249. The Bertz CT molecular complexity index is 991. The number of hydrogen-bond acceptors (Lipinski definition) is 5. The zero-order valence-electron chi connectivity index (χ0n) is 14.5. The molecule has 0 aliphatic rings. The van der Waals surface area contributed by atoms with Gasteiger partial charge in [-0.05, 0) is 53.2 Å². The third-order valence-corrected chi connectivity index (χ3v) is 4.16. The predicted octanol–water partition coefficient (Wildman–Crippen LogP) is 3.69. The van der Waals surface area contributed by atoms with E-state index in [0.29, 0.717) is 11.4 Å². The molecule has 3 aromatic rings. The number of aromatic nitrogens is 4. The highest BCUT2D eigenvalue weighted by atomic mass is 35.5. The van der Waals surface area contributed by atoms with Crippen molar-refractivity contribution in [3.63, 3.8) is 0 Å². The van der Waals surface area contributed by atoms with Gasteiger partial charge in [-0.1, -0.05) is 17.7 Å². The number of nitrogens with zero attached hydrogens (tertiary/aromatic N) is 4. The Morgan fingerprint density at radius 2 is 2.00 bits per heavy atom. The number of alkyl halides is 3. The van der Waals surface area contributed by atoms with Crippen LogP contribution in [0.15, 0.2) is 42.7 Å². The van der Waals surface area contributed by atoms with Gasteiger partial charge >= 0.3 is 6.18 Å². The lowest BCUT2D eigenvalue weighted by Crippen LogP contribution is -2.22. The van der Waals surface area contributed by atoms with Gasteiger partial charge in [0, 0.05) is 11.4 Å². The van der Waals surface area contributed by atoms with E-state index in [-0.39, 0.29) is 12.2 Å². The summed E-state index contributed by atoms with van der Waals surface area (Å²) in [6.45, 7) is 1.70. The fraction of sp³-hybridized carbons (Fsp3) is 0.176. The van der Waals surface area contributed by atoms with Crippen LogP contribution in [0.5, 0.6) is 0 Å². The molecule has 2 N–H and O–H groups in total. The summed E-state index contributed by atoms with van der Waals surface area (Å²) in [5.41, 5.74) is 1.21. The zero-order valence-corrected chi connectivity index (χ0v) is 15.2. The Hall–Kier alpha value is -3.14. The number of carbonyl (C=O) groups excluding carboxylic acids is 1. The van der Waals surface area contributed by atoms with Gasteiger partial charge in [0.25, 0.3) is 0 Å². The minimum atomic E-state index is -4.61. The Morgan fingerprint density at radius 1 is 1.21 bits per heavy atom. The molecule has 0 aliphatic carbocycles. The standard InChI is InChI=1S/C17H14ClF3N6O/c1-10-2-4-12(27-9-23-25-26-27)7-15(10)22-8-16(28)24-11-3-5-14(18)13(6-11)17(19,20)21/h2-7,9,22H,8H2,1H3,(H,24,28). The molecular formula is C17H14ClF3N6O. The van der Waals surface area contributed by atoms with Crippen molar-refractivity contribution in [3.8, 4) is 5.69 Å². The molecule has 11 heteroatoms. The number of carbonyl (C=O) groups is 1. The number of halogens is 4. The molecule has 0 spiro atoms. The summed E-state index contributed by atoms with van der Waals surface area (Å²) in [6.07, 6.45) is -3.18. The van der Waals surface area contributed by atoms with E-state index in [4.69, 9.17) is 11.6 Å². The monoisotopic (exact) mass is 410 g/mol. The van der Waals surface area contributed by atoms with Gasteiger partial charge in [0.05, 0.1) is 22.8 Å². The second-order valence-electron chi connectivity index (χ2n) is 5.85. The molecule has 1 aromatic heterocycles. The predicted molar refractivity (Wildman–Crippen MR) is 97.5 cm³/mol. The van der Waals surface area contributed by atoms with E-state index < -0.39 is 22.7 Å². The van der Waals surface area contributed by atoms with Gasteiger partial charge in [-0.3, -0.25) is 4.79 Å². The average molecular weight is 411 g/mol. The van der Waals surface area contributed by atoms with E-state index in [1.807, 2.05) is 19.1 Å². The third kappa shape index (κ3) is 4.58. The van der Waals surface area contributed by atoms with Crippen LogP contribution in [0.4, 0.5) is 24.5 Å². The van der Waals surface area contributed by atoms with E-state index in [1.165, 1.54) is 17.1 Å². The highest BCUT2D eigenvalue weighted by Crippen LogP contribution is 2.36. The van der Waals surface area contributed by atoms with Crippen molar-refractivity contribution in [2.45, 2.75) is 13.1 Å². The second-order valence-corrected chi connectivity index (χ2v) is 6.25. The van der Waals surface area contributed by atoms with Gasteiger partial charge in [0.1, 0.15) is 6.33 Å². The van der Waals surface area contributed by atoms with Gasteiger partial charge in [0.15, 0.2) is 0 Å². The molecule has 0 unspecified atom stereocenters. The topological polar surface area (TPSA) is 84.7 Å². The molecule has 0 fully saturated rings. The fourth-order valence-corrected chi connectivity index (χ4v) is 2.65. The number of aryl methyl sites for hydroxylation is 1. The van der Waals surface area contributed by atoms with E-state index in [1.54, 1.807) is 6.07 Å². The Balaban J connectivity index is 1.68. The Morgan fingerprint density at radius 3 is 2.68 bits per heavy atom. The first-order valence-corrected chi connectivity index (χ1v) is 8.36. The molecular weight excluding hydrogens is 397 g/mol. The Kier molecular flexibility index (Phi) is 5.50. The zero-order chi connectivity index (χ0) is 20.3. The van der Waals surface area contributed by atoms with Gasteiger partial charge in [-0.25, -0.2) is 4.68 Å². The molecule has 7 nitrogen and oxygen atoms in total. The van der Waals surface area contributed by atoms with Crippen LogP contribution in [-0.2, 0) is 11.0 Å². The molecule has 3 rings (SSSR count). The summed E-state index contributed by atoms with van der Waals surface area (Å²) in [6, 6.07) is 8.58. The summed E-state index contributed by atoms with van der Waals surface area (Å²) in [5.74, 6) is -0.511. The molecule has 0 radical (unpaired) electrons. The number of tetrazole rings is 1. The summed E-state index contributed by atoms with van der Waals surface area (Å²) >= 11 is 5.57. The molecule has 1 heterocycles. The normalized spacial score (nSPS) is 11.3. The van der Waals surface area contributed by atoms with Crippen LogP contribution in [0.1, 0.15) is 11.1 Å². The minimum Gasteiger partial charge on any atom is -0.376 e. The molecule has 146 valence electrons. The van der Waals surface area contributed by atoms with Crippen molar-refractivity contribution >= 4 is 28.9 Å². The quantitative estimate of drug-likeness (QED) is 0.670. The van der Waals surface area contributed by atoms with E-state index in [0.717, 1.165) is 17.7 Å². The van der Waals surface area contributed by atoms with Crippen molar-refractivity contribution in [2.75, 3.05) is 17.2 Å². The number of anilines is 2. The van der Waals surface area contributed by atoms with Crippen LogP contribution < -0.4 is 10.6 Å². The molecule has 1 amide bonds. The summed E-state index contributed by atoms with van der Waals surface area (Å²) in [4.78, 5) is 12.1. The van der Waals surface area contributed by atoms with E-state index in [9.17, 15) is 18.0 Å². The number of nitrogens with one attached hydrogen (secondary N) is 2. The molecule has 28 heavy (non-hydrogen) atoms. The molecule has 0 aliphatic heterocycles. The summed E-state index contributed by atoms with van der Waals surface area (Å²) in [7, 11) is 0. The lowest BCUT2D eigenvalue weighted by atomic mass is 10.1. The van der Waals surface area contributed by atoms with Gasteiger partial charge < -0.3 is 10.6 Å². The molecule has 0 saturated heterocycles. The number of amides is 1. The van der Waals surface area contributed by atoms with Crippen molar-refractivity contribution in [3.05, 3.63) is 58.9 Å². The number of benzene rings is 2. The lowest BCUT2D eigenvalue weighted by Gasteiger charge is -2.13. The molecule has 0 bridgehead atoms. The first kappa shape index (κ1) is 19.6. The average Bonchev–Trinajstić information content (AvgIpc) is 3.16. The third-order valence-electron chi connectivity index (χ3n) is 3.83. The van der Waals surface area contributed by atoms with Crippen LogP contribution in [0, 0.1) is 6.92 Å². The highest BCUT2D eigenvalue weighted by molar-refractivity contribution is 6.31. The van der Waals surface area contributed by atoms with Crippen molar-refractivity contribution in [2.24, 2.45) is 0 Å². The van der Waals surface area contributed by atoms with Crippen LogP contribution in [0.25, 0.3) is 5.69 Å². The van der Waals surface area contributed by atoms with Gasteiger partial charge in [0.2, 0.25) is 5.91 Å². The Labute approximate surface area is 162 Å². The van der Waals surface area contributed by atoms with Gasteiger partial charge in [-0.2, -0.15) is 13.2 Å². The van der Waals surface area contributed by atoms with E-state index in [2.05, 4.69) is 26.2 Å². The van der Waals surface area contributed by atoms with E-state index >= 15 is 0 Å². The van der Waals surface area contributed by atoms with Crippen LogP contribution >= 0.6 is 11.6 Å². The largest absolute Gasteiger partial charge is 0.417 e. The summed E-state index contributed by atoms with van der Waals surface area (Å²) < 4.78 is 40.2. The first-order valence-electron chi connectivity index (χ1n) is 7.98. The van der Waals surface area contributed by atoms with Crippen molar-refractivity contribution in [1.82, 2.24) is 20.2 Å². The van der Waals surface area contributed by atoms with Crippen LogP contribution in [-0.4, -0.2) is 32.7 Å². The summed E-state index contributed by atoms with van der Waals surface area (Å²) in [5, 5.41) is 15.8. The van der Waals surface area contributed by atoms with Crippen molar-refractivity contribution < 1.29 is 18.0 Å². The van der Waals surface area contributed by atoms with Crippen LogP contribution in [0.3, 0.4) is 0 Å². The maximum atomic E-state index is 12.9. The number of rotatable bonds is 5. The van der Waals surface area contributed by atoms with Crippen LogP contribution in [0.2, 0.25) is 5.02 Å². The molecule has 0 saturated carbocycles. The fourth-order valence-electron chi connectivity index (χ4n) is 2.42. The SMILES string of the molecule is Cc1ccc(-n2cnnn2)cc1NCC(=O)Nc1ccc(Cl)c(C(F)(F)F)c1. The smallest absolute Gasteiger partial charge is 0.376 e. The molecule has 0 atom stereocenters. The second kappa shape index (κ2) is 7.85. The van der Waals surface area contributed by atoms with Gasteiger partial charge in [-0.15, -0.1) is 5.10 Å². The molecule has 2 aromatic carbocycles. The van der Waals surface area contributed by atoms with Crippen molar-refractivity contribution in [1.29, 1.82) is 0 Å². The lowest BCUT2D eigenvalue weighted by molar-refractivity contribution is -0.137. The number of hydrogen-bond donors (Lipinski definition) is 2. The highest BCUT2D eigenvalue weighted by Gasteiger charge is 2.33. The maximum Gasteiger partial charge on any atom is 0.417 e. The maximum absolute atomic E-state index is 12.9.